The van der Waals surface area contributed by atoms with Crippen LogP contribution in [0.2, 0.25) is 0 Å². The minimum atomic E-state index is -0.202. The third-order valence-corrected chi connectivity index (χ3v) is 2.70. The zero-order valence-electron chi connectivity index (χ0n) is 11.9. The topological polar surface area (TPSA) is 60.5 Å². The van der Waals surface area contributed by atoms with Crippen LogP contribution in [0.4, 0.5) is 0 Å². The van der Waals surface area contributed by atoms with E-state index in [4.69, 9.17) is 9.47 Å². The number of pyridine rings is 1. The molecule has 0 aliphatic carbocycles. The van der Waals surface area contributed by atoms with Gasteiger partial charge in [-0.2, -0.15) is 0 Å². The highest BCUT2D eigenvalue weighted by molar-refractivity contribution is 5.77. The fraction of sp³-hybridized carbons (Fsp3) is 0.250. The van der Waals surface area contributed by atoms with Gasteiger partial charge in [0.25, 0.3) is 5.91 Å². The van der Waals surface area contributed by atoms with Crippen molar-refractivity contribution >= 4 is 5.91 Å². The lowest BCUT2D eigenvalue weighted by Crippen LogP contribution is -2.28. The Morgan fingerprint density at radius 1 is 1.10 bits per heavy atom. The number of amides is 1. The fourth-order valence-corrected chi connectivity index (χ4v) is 1.73. The number of hydrogen-bond acceptors (Lipinski definition) is 4. The molecule has 1 heterocycles. The number of carbonyl (C=O) groups is 1. The van der Waals surface area contributed by atoms with E-state index in [0.717, 1.165) is 5.69 Å². The van der Waals surface area contributed by atoms with Crippen molar-refractivity contribution in [2.45, 2.75) is 13.5 Å². The van der Waals surface area contributed by atoms with Crippen molar-refractivity contribution in [3.63, 3.8) is 0 Å². The van der Waals surface area contributed by atoms with Gasteiger partial charge in [-0.25, -0.2) is 0 Å². The van der Waals surface area contributed by atoms with E-state index in [2.05, 4.69) is 10.3 Å². The monoisotopic (exact) mass is 286 g/mol. The molecule has 1 N–H and O–H groups in total. The Kier molecular flexibility index (Phi) is 5.58. The summed E-state index contributed by atoms with van der Waals surface area (Å²) in [7, 11) is 0. The molecule has 2 rings (SSSR count). The van der Waals surface area contributed by atoms with E-state index in [1.807, 2.05) is 43.3 Å². The lowest BCUT2D eigenvalue weighted by atomic mass is 10.3. The summed E-state index contributed by atoms with van der Waals surface area (Å²) < 4.78 is 10.9. The molecular weight excluding hydrogens is 268 g/mol. The van der Waals surface area contributed by atoms with E-state index < -0.39 is 0 Å². The van der Waals surface area contributed by atoms with Crippen molar-refractivity contribution < 1.29 is 14.3 Å². The summed E-state index contributed by atoms with van der Waals surface area (Å²) in [6.45, 7) is 2.77. The largest absolute Gasteiger partial charge is 0.490 e. The Morgan fingerprint density at radius 2 is 1.81 bits per heavy atom. The van der Waals surface area contributed by atoms with E-state index >= 15 is 0 Å². The van der Waals surface area contributed by atoms with Crippen LogP contribution in [0.3, 0.4) is 0 Å². The summed E-state index contributed by atoms with van der Waals surface area (Å²) in [6.07, 6.45) is 1.69. The zero-order valence-corrected chi connectivity index (χ0v) is 11.9. The van der Waals surface area contributed by atoms with E-state index in [0.29, 0.717) is 24.7 Å². The van der Waals surface area contributed by atoms with Crippen LogP contribution in [-0.2, 0) is 11.3 Å². The third-order valence-electron chi connectivity index (χ3n) is 2.70. The number of ether oxygens (including phenoxy) is 2. The number of rotatable bonds is 7. The second-order valence-electron chi connectivity index (χ2n) is 4.27. The van der Waals surface area contributed by atoms with E-state index in [9.17, 15) is 4.79 Å². The van der Waals surface area contributed by atoms with Gasteiger partial charge in [0.05, 0.1) is 18.8 Å². The summed E-state index contributed by atoms with van der Waals surface area (Å²) in [4.78, 5) is 15.9. The SMILES string of the molecule is CCOc1ccccc1OCC(=O)NCc1ccccn1. The first-order chi connectivity index (χ1) is 10.3. The Bertz CT molecular complexity index is 573. The lowest BCUT2D eigenvalue weighted by Gasteiger charge is -2.11. The molecule has 1 aromatic carbocycles. The smallest absolute Gasteiger partial charge is 0.258 e. The summed E-state index contributed by atoms with van der Waals surface area (Å²) in [5, 5.41) is 2.75. The van der Waals surface area contributed by atoms with Gasteiger partial charge in [0.15, 0.2) is 18.1 Å². The van der Waals surface area contributed by atoms with Crippen LogP contribution >= 0.6 is 0 Å². The molecule has 0 radical (unpaired) electrons. The molecule has 0 unspecified atom stereocenters. The van der Waals surface area contributed by atoms with Gasteiger partial charge in [-0.15, -0.1) is 0 Å². The van der Waals surface area contributed by atoms with Gasteiger partial charge in [-0.3, -0.25) is 9.78 Å². The summed E-state index contributed by atoms with van der Waals surface area (Å²) in [5.74, 6) is 0.997. The van der Waals surface area contributed by atoms with Crippen LogP contribution in [-0.4, -0.2) is 24.1 Å². The molecule has 0 fully saturated rings. The first kappa shape index (κ1) is 14.8. The molecule has 0 atom stereocenters. The van der Waals surface area contributed by atoms with Crippen molar-refractivity contribution in [2.24, 2.45) is 0 Å². The molecule has 21 heavy (non-hydrogen) atoms. The molecule has 0 spiro atoms. The number of aromatic nitrogens is 1. The molecule has 0 aliphatic heterocycles. The number of nitrogens with one attached hydrogen (secondary N) is 1. The van der Waals surface area contributed by atoms with Crippen molar-refractivity contribution in [3.8, 4) is 11.5 Å². The molecule has 0 bridgehead atoms. The predicted octanol–water partition coefficient (Wildman–Crippen LogP) is 2.18. The van der Waals surface area contributed by atoms with Gasteiger partial charge in [0.2, 0.25) is 0 Å². The Labute approximate surface area is 123 Å². The highest BCUT2D eigenvalue weighted by Crippen LogP contribution is 2.26. The molecule has 1 aromatic heterocycles. The van der Waals surface area contributed by atoms with Crippen LogP contribution in [0, 0.1) is 0 Å². The molecular formula is C16H18N2O3. The number of carbonyl (C=O) groups excluding carboxylic acids is 1. The van der Waals surface area contributed by atoms with Gasteiger partial charge < -0.3 is 14.8 Å². The van der Waals surface area contributed by atoms with Crippen LogP contribution in [0.5, 0.6) is 11.5 Å². The number of benzene rings is 1. The van der Waals surface area contributed by atoms with Crippen molar-refractivity contribution in [1.29, 1.82) is 0 Å². The maximum absolute atomic E-state index is 11.8. The number of nitrogens with zero attached hydrogens (tertiary/aromatic N) is 1. The Balaban J connectivity index is 1.81. The standard InChI is InChI=1S/C16H18N2O3/c1-2-20-14-8-3-4-9-15(14)21-12-16(19)18-11-13-7-5-6-10-17-13/h3-10H,2,11-12H2,1H3,(H,18,19). The van der Waals surface area contributed by atoms with Crippen molar-refractivity contribution in [2.75, 3.05) is 13.2 Å². The maximum Gasteiger partial charge on any atom is 0.258 e. The third kappa shape index (κ3) is 4.80. The molecule has 5 heteroatoms. The molecule has 5 nitrogen and oxygen atoms in total. The minimum Gasteiger partial charge on any atom is -0.490 e. The van der Waals surface area contributed by atoms with Crippen LogP contribution in [0.15, 0.2) is 48.7 Å². The van der Waals surface area contributed by atoms with Crippen LogP contribution in [0.1, 0.15) is 12.6 Å². The highest BCUT2D eigenvalue weighted by atomic mass is 16.5. The second kappa shape index (κ2) is 7.89. The number of para-hydroxylation sites is 2. The normalized spacial score (nSPS) is 9.95. The average Bonchev–Trinajstić information content (AvgIpc) is 2.53. The zero-order chi connectivity index (χ0) is 14.9. The summed E-state index contributed by atoms with van der Waals surface area (Å²) in [6, 6.07) is 12.8. The molecule has 0 saturated carbocycles. The molecule has 1 amide bonds. The van der Waals surface area contributed by atoms with Crippen LogP contribution in [0.25, 0.3) is 0 Å². The van der Waals surface area contributed by atoms with Gasteiger partial charge in [0, 0.05) is 6.20 Å². The summed E-state index contributed by atoms with van der Waals surface area (Å²) in [5.41, 5.74) is 0.806. The Morgan fingerprint density at radius 3 is 2.48 bits per heavy atom. The maximum atomic E-state index is 11.8. The second-order valence-corrected chi connectivity index (χ2v) is 4.27. The fourth-order valence-electron chi connectivity index (χ4n) is 1.73. The van der Waals surface area contributed by atoms with Crippen LogP contribution < -0.4 is 14.8 Å². The van der Waals surface area contributed by atoms with Gasteiger partial charge >= 0.3 is 0 Å². The lowest BCUT2D eigenvalue weighted by molar-refractivity contribution is -0.123. The van der Waals surface area contributed by atoms with E-state index in [1.54, 1.807) is 12.3 Å². The quantitative estimate of drug-likeness (QED) is 0.847. The van der Waals surface area contributed by atoms with Gasteiger partial charge in [-0.05, 0) is 31.2 Å². The molecule has 110 valence electrons. The van der Waals surface area contributed by atoms with Crippen molar-refractivity contribution in [3.05, 3.63) is 54.4 Å². The van der Waals surface area contributed by atoms with E-state index in [1.165, 1.54) is 0 Å². The molecule has 0 aliphatic rings. The molecule has 0 saturated heterocycles. The molecule has 2 aromatic rings. The summed E-state index contributed by atoms with van der Waals surface area (Å²) >= 11 is 0. The first-order valence-electron chi connectivity index (χ1n) is 6.81. The predicted molar refractivity (Wildman–Crippen MR) is 79.2 cm³/mol. The van der Waals surface area contributed by atoms with Gasteiger partial charge in [0.1, 0.15) is 0 Å². The van der Waals surface area contributed by atoms with Crippen molar-refractivity contribution in [1.82, 2.24) is 10.3 Å². The average molecular weight is 286 g/mol. The first-order valence-corrected chi connectivity index (χ1v) is 6.81. The number of hydrogen-bond donors (Lipinski definition) is 1. The minimum absolute atomic E-state index is 0.0586. The van der Waals surface area contributed by atoms with Gasteiger partial charge in [-0.1, -0.05) is 18.2 Å². The van der Waals surface area contributed by atoms with E-state index in [-0.39, 0.29) is 12.5 Å². The Hall–Kier alpha value is -2.56. The highest BCUT2D eigenvalue weighted by Gasteiger charge is 2.07.